The first-order valence-electron chi connectivity index (χ1n) is 6.93. The fourth-order valence-electron chi connectivity index (χ4n) is 1.45. The van der Waals surface area contributed by atoms with Crippen molar-refractivity contribution in [2.75, 3.05) is 26.4 Å². The van der Waals surface area contributed by atoms with Crippen LogP contribution >= 0.6 is 0 Å². The highest BCUT2D eigenvalue weighted by atomic mass is 16.8. The molecular weight excluding hydrogens is 348 g/mol. The topological polar surface area (TPSA) is 207 Å². The Bertz CT molecular complexity index is 330. The highest BCUT2D eigenvalue weighted by Crippen LogP contribution is 2.20. The van der Waals surface area contributed by atoms with Crippen LogP contribution in [0.2, 0.25) is 0 Å². The fourth-order valence-corrected chi connectivity index (χ4v) is 1.45. The monoisotopic (exact) mass is 376 g/mol. The van der Waals surface area contributed by atoms with Gasteiger partial charge in [-0.3, -0.25) is 0 Å². The van der Waals surface area contributed by atoms with Crippen LogP contribution in [0.1, 0.15) is 7.43 Å². The van der Waals surface area contributed by atoms with Gasteiger partial charge in [0, 0.05) is 0 Å². The van der Waals surface area contributed by atoms with Crippen molar-refractivity contribution in [1.29, 1.82) is 0 Å². The smallest absolute Gasteiger partial charge is 0.211 e. The quantitative estimate of drug-likeness (QED) is 0.188. The summed E-state index contributed by atoms with van der Waals surface area (Å²) in [5, 5.41) is 69.9. The summed E-state index contributed by atoms with van der Waals surface area (Å²) in [5.74, 6) is 0. The lowest BCUT2D eigenvalue weighted by Gasteiger charge is -2.38. The molecule has 0 saturated carbocycles. The molecule has 7 atom stereocenters. The summed E-state index contributed by atoms with van der Waals surface area (Å²) < 4.78 is 14.5. The van der Waals surface area contributed by atoms with E-state index in [1.54, 1.807) is 0 Å². The number of carbonyl (C=O) groups excluding carboxylic acids is 1. The summed E-state index contributed by atoms with van der Waals surface area (Å²) in [6.07, 6.45) is -9.55. The molecule has 0 radical (unpaired) electrons. The molecule has 0 amide bonds. The first-order valence-corrected chi connectivity index (χ1v) is 6.93. The van der Waals surface area contributed by atoms with Gasteiger partial charge in [0.1, 0.15) is 24.4 Å². The molecule has 0 aromatic rings. The van der Waals surface area contributed by atoms with Crippen molar-refractivity contribution in [3.63, 3.8) is 0 Å². The van der Waals surface area contributed by atoms with Crippen molar-refractivity contribution in [3.05, 3.63) is 0 Å². The zero-order valence-electron chi connectivity index (χ0n) is 12.7. The molecule has 0 spiro atoms. The van der Waals surface area contributed by atoms with Gasteiger partial charge in [0.05, 0.1) is 26.4 Å². The molecule has 8 N–H and O–H groups in total. The van der Waals surface area contributed by atoms with Gasteiger partial charge in [-0.25, -0.2) is 0 Å². The van der Waals surface area contributed by atoms with Gasteiger partial charge in [-0.05, 0) is 0 Å². The second-order valence-corrected chi connectivity index (χ2v) is 4.61. The molecule has 25 heavy (non-hydrogen) atoms. The van der Waals surface area contributed by atoms with E-state index in [2.05, 4.69) is 0 Å². The van der Waals surface area contributed by atoms with Crippen molar-refractivity contribution >= 4 is 6.29 Å². The second kappa shape index (κ2) is 14.4. The number of ether oxygens (including phenoxy) is 3. The minimum Gasteiger partial charge on any atom is -0.394 e. The SMILES string of the molecule is C.O=CC(O)C(O)CO.OCCOC1OC(O)C(C(O)CO)OC1O. The van der Waals surface area contributed by atoms with E-state index in [0.29, 0.717) is 0 Å². The van der Waals surface area contributed by atoms with Crippen LogP contribution in [-0.2, 0) is 19.0 Å². The third-order valence-electron chi connectivity index (χ3n) is 2.74. The Morgan fingerprint density at radius 2 is 1.60 bits per heavy atom. The van der Waals surface area contributed by atoms with Gasteiger partial charge in [0.2, 0.25) is 12.6 Å². The van der Waals surface area contributed by atoms with Gasteiger partial charge in [0.25, 0.3) is 0 Å². The van der Waals surface area contributed by atoms with E-state index in [0.717, 1.165) is 0 Å². The lowest BCUT2D eigenvalue weighted by Crippen LogP contribution is -2.55. The Balaban J connectivity index is 0. The van der Waals surface area contributed by atoms with E-state index >= 15 is 0 Å². The number of rotatable bonds is 8. The third kappa shape index (κ3) is 9.48. The summed E-state index contributed by atoms with van der Waals surface area (Å²) in [7, 11) is 0. The fraction of sp³-hybridized carbons (Fsp3) is 0.923. The summed E-state index contributed by atoms with van der Waals surface area (Å²) in [4.78, 5) is 9.58. The van der Waals surface area contributed by atoms with Crippen LogP contribution < -0.4 is 0 Å². The van der Waals surface area contributed by atoms with Crippen molar-refractivity contribution in [1.82, 2.24) is 0 Å². The number of aliphatic hydroxyl groups is 8. The number of hydrogen-bond acceptors (Lipinski definition) is 12. The average Bonchev–Trinajstić information content (AvgIpc) is 2.60. The van der Waals surface area contributed by atoms with Crippen molar-refractivity contribution in [3.8, 4) is 0 Å². The maximum Gasteiger partial charge on any atom is 0.211 e. The Morgan fingerprint density at radius 1 is 1.00 bits per heavy atom. The number of carbonyl (C=O) groups is 1. The van der Waals surface area contributed by atoms with Crippen LogP contribution in [0, 0.1) is 0 Å². The van der Waals surface area contributed by atoms with E-state index < -0.39 is 56.5 Å². The molecule has 1 heterocycles. The standard InChI is InChI=1S/C8H16O8.C4H8O4.CH4/c9-1-2-14-8-7(13)15-5(4(11)3-10)6(12)16-8;5-1-3(7)4(8)2-6;/h4-13H,1-3H2;1,3-4,6-8H,2H2;1H4. The minimum atomic E-state index is -1.53. The molecular formula is C13H28O12. The molecule has 0 aromatic carbocycles. The Labute approximate surface area is 144 Å². The molecule has 1 aliphatic rings. The summed E-state index contributed by atoms with van der Waals surface area (Å²) >= 11 is 0. The lowest BCUT2D eigenvalue weighted by atomic mass is 10.2. The third-order valence-corrected chi connectivity index (χ3v) is 2.74. The van der Waals surface area contributed by atoms with Crippen LogP contribution in [-0.4, -0.2) is 117 Å². The molecule has 1 aliphatic heterocycles. The maximum absolute atomic E-state index is 9.58. The number of hydrogen-bond donors (Lipinski definition) is 8. The van der Waals surface area contributed by atoms with Crippen molar-refractivity contribution in [2.45, 2.75) is 50.7 Å². The molecule has 0 aromatic heterocycles. The highest BCUT2D eigenvalue weighted by Gasteiger charge is 2.41. The summed E-state index contributed by atoms with van der Waals surface area (Å²) in [6.45, 7) is -1.60. The molecule has 7 unspecified atom stereocenters. The van der Waals surface area contributed by atoms with Gasteiger partial charge in [-0.1, -0.05) is 7.43 Å². The highest BCUT2D eigenvalue weighted by molar-refractivity contribution is 5.56. The number of aldehydes is 1. The average molecular weight is 376 g/mol. The van der Waals surface area contributed by atoms with Crippen molar-refractivity contribution < 1.29 is 59.9 Å². The maximum atomic E-state index is 9.58. The Kier molecular flexibility index (Phi) is 15.2. The molecule has 0 bridgehead atoms. The van der Waals surface area contributed by atoms with Gasteiger partial charge >= 0.3 is 0 Å². The van der Waals surface area contributed by atoms with E-state index in [1.807, 2.05) is 0 Å². The zero-order chi connectivity index (χ0) is 18.7. The van der Waals surface area contributed by atoms with E-state index in [-0.39, 0.29) is 26.9 Å². The molecule has 12 heteroatoms. The molecule has 152 valence electrons. The first-order chi connectivity index (χ1) is 11.3. The van der Waals surface area contributed by atoms with Gasteiger partial charge < -0.3 is 59.9 Å². The number of aliphatic hydroxyl groups excluding tert-OH is 8. The second-order valence-electron chi connectivity index (χ2n) is 4.61. The summed E-state index contributed by atoms with van der Waals surface area (Å²) in [5.41, 5.74) is 0. The van der Waals surface area contributed by atoms with Gasteiger partial charge in [-0.2, -0.15) is 0 Å². The van der Waals surface area contributed by atoms with Crippen LogP contribution in [0.4, 0.5) is 0 Å². The van der Waals surface area contributed by atoms with Gasteiger partial charge in [0.15, 0.2) is 12.6 Å². The van der Waals surface area contributed by atoms with Crippen LogP contribution in [0.5, 0.6) is 0 Å². The van der Waals surface area contributed by atoms with E-state index in [1.165, 1.54) is 0 Å². The zero-order valence-corrected chi connectivity index (χ0v) is 12.7. The lowest BCUT2D eigenvalue weighted by molar-refractivity contribution is -0.395. The van der Waals surface area contributed by atoms with Gasteiger partial charge in [-0.15, -0.1) is 0 Å². The molecule has 0 aliphatic carbocycles. The molecule has 1 saturated heterocycles. The van der Waals surface area contributed by atoms with Crippen molar-refractivity contribution in [2.24, 2.45) is 0 Å². The predicted molar refractivity (Wildman–Crippen MR) is 79.8 cm³/mol. The Morgan fingerprint density at radius 3 is 2.00 bits per heavy atom. The van der Waals surface area contributed by atoms with E-state index in [9.17, 15) is 20.1 Å². The molecule has 1 rings (SSSR count). The van der Waals surface area contributed by atoms with Crippen LogP contribution in [0.15, 0.2) is 0 Å². The minimum absolute atomic E-state index is 0. The first kappa shape index (κ1) is 26.5. The summed E-state index contributed by atoms with van der Waals surface area (Å²) in [6, 6.07) is 0. The van der Waals surface area contributed by atoms with E-state index in [4.69, 9.17) is 39.7 Å². The molecule has 12 nitrogen and oxygen atoms in total. The van der Waals surface area contributed by atoms with Crippen LogP contribution in [0.25, 0.3) is 0 Å². The normalized spacial score (nSPS) is 29.4. The predicted octanol–water partition coefficient (Wildman–Crippen LogP) is -4.74. The largest absolute Gasteiger partial charge is 0.394 e. The van der Waals surface area contributed by atoms with Crippen LogP contribution in [0.3, 0.4) is 0 Å². The Hall–Kier alpha value is -0.770. The molecule has 1 fully saturated rings.